The summed E-state index contributed by atoms with van der Waals surface area (Å²) < 4.78 is -0.198. The van der Waals surface area contributed by atoms with Gasteiger partial charge in [-0.15, -0.1) is 0 Å². The topological polar surface area (TPSA) is 65.7 Å². The second-order valence-electron chi connectivity index (χ2n) is 2.61. The van der Waals surface area contributed by atoms with Crippen LogP contribution in [0.3, 0.4) is 0 Å². The monoisotopic (exact) mass is 240 g/mol. The zero-order chi connectivity index (χ0) is 9.42. The lowest BCUT2D eigenvalue weighted by molar-refractivity contribution is 0.109. The molecule has 0 bridgehead atoms. The number of nitrogens with one attached hydrogen (secondary N) is 2. The van der Waals surface area contributed by atoms with E-state index >= 15 is 0 Å². The molecule has 0 aliphatic carbocycles. The molecule has 0 radical (unpaired) electrons. The minimum atomic E-state index is -0.269. The largest absolute Gasteiger partial charge is 0.323 e. The van der Waals surface area contributed by atoms with Crippen LogP contribution in [0.25, 0.3) is 11.0 Å². The van der Waals surface area contributed by atoms with E-state index in [1.165, 1.54) is 0 Å². The second kappa shape index (κ2) is 2.85. The molecule has 0 aliphatic heterocycles. The number of hydrogen-bond acceptors (Lipinski definition) is 2. The molecule has 4 nitrogen and oxygen atoms in total. The molecule has 0 fully saturated rings. The van der Waals surface area contributed by atoms with Gasteiger partial charge in [-0.2, -0.15) is 0 Å². The van der Waals surface area contributed by atoms with Crippen LogP contribution in [0.1, 0.15) is 10.4 Å². The predicted molar refractivity (Wildman–Crippen MR) is 52.2 cm³/mol. The van der Waals surface area contributed by atoms with Gasteiger partial charge in [0.05, 0.1) is 11.0 Å². The molecule has 0 unspecified atom stereocenters. The van der Waals surface area contributed by atoms with Crippen molar-refractivity contribution in [1.29, 1.82) is 0 Å². The van der Waals surface area contributed by atoms with Crippen molar-refractivity contribution in [3.8, 4) is 0 Å². The molecule has 0 aliphatic rings. The second-order valence-corrected chi connectivity index (χ2v) is 3.33. The summed E-state index contributed by atoms with van der Waals surface area (Å²) in [4.78, 5) is 26.9. The molecule has 1 aromatic carbocycles. The lowest BCUT2D eigenvalue weighted by Gasteiger charge is -1.92. The summed E-state index contributed by atoms with van der Waals surface area (Å²) in [5.74, 6) is 0. The van der Waals surface area contributed by atoms with Crippen LogP contribution >= 0.6 is 15.9 Å². The van der Waals surface area contributed by atoms with Gasteiger partial charge in [0, 0.05) is 5.56 Å². The number of carbonyl (C=O) groups excluding carboxylic acids is 1. The SMILES string of the molecule is O=C(Br)c1ccc2[nH]c(=O)[nH]c2c1. The highest BCUT2D eigenvalue weighted by Crippen LogP contribution is 2.12. The number of rotatable bonds is 1. The third-order valence-electron chi connectivity index (χ3n) is 1.74. The van der Waals surface area contributed by atoms with Crippen molar-refractivity contribution in [3.63, 3.8) is 0 Å². The van der Waals surface area contributed by atoms with Crippen LogP contribution in [0.5, 0.6) is 0 Å². The van der Waals surface area contributed by atoms with Gasteiger partial charge in [0.1, 0.15) is 0 Å². The molecular formula is C8H5BrN2O2. The van der Waals surface area contributed by atoms with Crippen LogP contribution in [0.4, 0.5) is 0 Å². The highest BCUT2D eigenvalue weighted by molar-refractivity contribution is 9.18. The van der Waals surface area contributed by atoms with Crippen molar-refractivity contribution >= 4 is 31.7 Å². The van der Waals surface area contributed by atoms with Gasteiger partial charge < -0.3 is 9.97 Å². The maximum absolute atomic E-state index is 10.9. The van der Waals surface area contributed by atoms with Gasteiger partial charge in [-0.3, -0.25) is 4.79 Å². The number of halogens is 1. The molecule has 2 rings (SSSR count). The van der Waals surface area contributed by atoms with Crippen molar-refractivity contribution in [3.05, 3.63) is 34.2 Å². The number of imidazole rings is 1. The summed E-state index contributed by atoms with van der Waals surface area (Å²) in [6.45, 7) is 0. The molecule has 0 atom stereocenters. The number of H-pyrrole nitrogens is 2. The van der Waals surface area contributed by atoms with Crippen LogP contribution in [-0.2, 0) is 0 Å². The Morgan fingerprint density at radius 1 is 1.23 bits per heavy atom. The van der Waals surface area contributed by atoms with Gasteiger partial charge >= 0.3 is 5.69 Å². The van der Waals surface area contributed by atoms with Crippen molar-refractivity contribution in [2.24, 2.45) is 0 Å². The number of aromatic amines is 2. The van der Waals surface area contributed by atoms with E-state index in [1.54, 1.807) is 18.2 Å². The normalized spacial score (nSPS) is 10.5. The van der Waals surface area contributed by atoms with Crippen molar-refractivity contribution in [1.82, 2.24) is 9.97 Å². The lowest BCUT2D eigenvalue weighted by Crippen LogP contribution is -1.99. The molecule has 0 spiro atoms. The van der Waals surface area contributed by atoms with Crippen LogP contribution < -0.4 is 5.69 Å². The number of aromatic nitrogens is 2. The van der Waals surface area contributed by atoms with Crippen molar-refractivity contribution in [2.45, 2.75) is 0 Å². The number of hydrogen-bond donors (Lipinski definition) is 2. The summed E-state index contributed by atoms with van der Waals surface area (Å²) in [5.41, 5.74) is 1.58. The minimum absolute atomic E-state index is 0.198. The highest BCUT2D eigenvalue weighted by Gasteiger charge is 2.03. The van der Waals surface area contributed by atoms with E-state index < -0.39 is 0 Å². The fourth-order valence-electron chi connectivity index (χ4n) is 1.15. The number of fused-ring (bicyclic) bond motifs is 1. The van der Waals surface area contributed by atoms with Gasteiger partial charge in [-0.1, -0.05) is 0 Å². The van der Waals surface area contributed by atoms with E-state index in [9.17, 15) is 9.59 Å². The first kappa shape index (κ1) is 8.25. The first-order valence-corrected chi connectivity index (χ1v) is 4.38. The van der Waals surface area contributed by atoms with Crippen molar-refractivity contribution < 1.29 is 4.79 Å². The third kappa shape index (κ3) is 1.42. The van der Waals surface area contributed by atoms with Gasteiger partial charge in [0.2, 0.25) is 4.69 Å². The van der Waals surface area contributed by atoms with Gasteiger partial charge in [-0.25, -0.2) is 4.79 Å². The first-order chi connectivity index (χ1) is 6.16. The van der Waals surface area contributed by atoms with Crippen LogP contribution in [0.15, 0.2) is 23.0 Å². The molecule has 13 heavy (non-hydrogen) atoms. The first-order valence-electron chi connectivity index (χ1n) is 3.59. The van der Waals surface area contributed by atoms with Crippen LogP contribution in [-0.4, -0.2) is 14.7 Å². The summed E-state index contributed by atoms with van der Waals surface area (Å²) in [6.07, 6.45) is 0. The standard InChI is InChI=1S/C8H5BrN2O2/c9-7(12)4-1-2-5-6(3-4)11-8(13)10-5/h1-3H,(H2,10,11,13). The fourth-order valence-corrected chi connectivity index (χ4v) is 1.40. The Morgan fingerprint density at radius 3 is 2.62 bits per heavy atom. The molecule has 0 amide bonds. The van der Waals surface area contributed by atoms with E-state index in [1.807, 2.05) is 0 Å². The average Bonchev–Trinajstić information content (AvgIpc) is 2.42. The van der Waals surface area contributed by atoms with Gasteiger partial charge in [0.15, 0.2) is 0 Å². The zero-order valence-corrected chi connectivity index (χ0v) is 8.01. The van der Waals surface area contributed by atoms with Gasteiger partial charge in [-0.05, 0) is 34.1 Å². The van der Waals surface area contributed by atoms with E-state index in [4.69, 9.17) is 0 Å². The maximum Gasteiger partial charge on any atom is 0.323 e. The van der Waals surface area contributed by atoms with Crippen molar-refractivity contribution in [2.75, 3.05) is 0 Å². The minimum Gasteiger partial charge on any atom is -0.306 e. The fraction of sp³-hybridized carbons (Fsp3) is 0. The zero-order valence-electron chi connectivity index (χ0n) is 6.43. The molecule has 0 saturated carbocycles. The highest BCUT2D eigenvalue weighted by atomic mass is 79.9. The molecule has 2 aromatic rings. The van der Waals surface area contributed by atoms with E-state index in [0.29, 0.717) is 16.6 Å². The Kier molecular flexibility index (Phi) is 1.81. The molecule has 66 valence electrons. The number of benzene rings is 1. The van der Waals surface area contributed by atoms with E-state index in [-0.39, 0.29) is 10.4 Å². The van der Waals surface area contributed by atoms with Crippen LogP contribution in [0, 0.1) is 0 Å². The van der Waals surface area contributed by atoms with E-state index in [0.717, 1.165) is 0 Å². The molecular weight excluding hydrogens is 236 g/mol. The van der Waals surface area contributed by atoms with E-state index in [2.05, 4.69) is 25.9 Å². The van der Waals surface area contributed by atoms with Crippen LogP contribution in [0.2, 0.25) is 0 Å². The summed E-state index contributed by atoms with van der Waals surface area (Å²) >= 11 is 2.83. The Balaban J connectivity index is 2.74. The summed E-state index contributed by atoms with van der Waals surface area (Å²) in [5, 5.41) is 0. The predicted octanol–water partition coefficient (Wildman–Crippen LogP) is 1.39. The quantitative estimate of drug-likeness (QED) is 0.741. The average molecular weight is 241 g/mol. The lowest BCUT2D eigenvalue weighted by atomic mass is 10.2. The summed E-state index contributed by atoms with van der Waals surface area (Å²) in [6, 6.07) is 4.94. The molecule has 2 N–H and O–H groups in total. The van der Waals surface area contributed by atoms with Gasteiger partial charge in [0.25, 0.3) is 0 Å². The Bertz CT molecular complexity index is 526. The molecule has 0 saturated heterocycles. The summed E-state index contributed by atoms with van der Waals surface area (Å²) in [7, 11) is 0. The third-order valence-corrected chi connectivity index (χ3v) is 2.20. The smallest absolute Gasteiger partial charge is 0.306 e. The number of carbonyl (C=O) groups is 1. The Labute approximate surface area is 81.1 Å². The molecule has 5 heteroatoms. The Morgan fingerprint density at radius 2 is 1.92 bits per heavy atom. The molecule has 1 aromatic heterocycles. The Hall–Kier alpha value is -1.36. The maximum atomic E-state index is 10.9. The molecule has 1 heterocycles.